The number of pyridine rings is 1. The molecule has 0 aliphatic carbocycles. The van der Waals surface area contributed by atoms with E-state index in [1.165, 1.54) is 0 Å². The Balaban J connectivity index is 1.65. The Hall–Kier alpha value is -2.73. The average molecular weight is 398 g/mol. The summed E-state index contributed by atoms with van der Waals surface area (Å²) in [6.45, 7) is 1.73. The van der Waals surface area contributed by atoms with Crippen molar-refractivity contribution in [3.8, 4) is 0 Å². The minimum Gasteiger partial charge on any atom is -0.343 e. The van der Waals surface area contributed by atoms with E-state index in [0.717, 1.165) is 16.3 Å². The number of hydrogen-bond acceptors (Lipinski definition) is 3. The zero-order valence-electron chi connectivity index (χ0n) is 13.5. The van der Waals surface area contributed by atoms with Crippen LogP contribution in [0, 0.1) is 6.92 Å². The number of benzene rings is 2. The van der Waals surface area contributed by atoms with Crippen molar-refractivity contribution >= 4 is 44.3 Å². The van der Waals surface area contributed by atoms with Crippen LogP contribution >= 0.6 is 15.9 Å². The van der Waals surface area contributed by atoms with Crippen molar-refractivity contribution in [1.82, 2.24) is 10.3 Å². The van der Waals surface area contributed by atoms with Crippen molar-refractivity contribution < 1.29 is 9.59 Å². The van der Waals surface area contributed by atoms with Crippen LogP contribution in [0.15, 0.2) is 59.2 Å². The molecule has 0 atom stereocenters. The van der Waals surface area contributed by atoms with Gasteiger partial charge in [-0.3, -0.25) is 9.59 Å². The second kappa shape index (κ2) is 7.44. The molecular formula is C19H16BrN3O2. The molecule has 0 aliphatic heterocycles. The van der Waals surface area contributed by atoms with Gasteiger partial charge in [-0.15, -0.1) is 0 Å². The first kappa shape index (κ1) is 17.1. The van der Waals surface area contributed by atoms with Crippen LogP contribution in [0.3, 0.4) is 0 Å². The Labute approximate surface area is 153 Å². The molecule has 0 saturated heterocycles. The van der Waals surface area contributed by atoms with E-state index < -0.39 is 0 Å². The fourth-order valence-corrected chi connectivity index (χ4v) is 3.04. The van der Waals surface area contributed by atoms with E-state index in [1.54, 1.807) is 18.2 Å². The molecule has 5 nitrogen and oxygen atoms in total. The third-order valence-corrected chi connectivity index (χ3v) is 4.37. The lowest BCUT2D eigenvalue weighted by molar-refractivity contribution is -0.115. The van der Waals surface area contributed by atoms with Gasteiger partial charge in [-0.25, -0.2) is 4.98 Å². The number of hydrogen-bond donors (Lipinski definition) is 2. The Morgan fingerprint density at radius 3 is 2.60 bits per heavy atom. The number of nitrogens with one attached hydrogen (secondary N) is 2. The first-order valence-corrected chi connectivity index (χ1v) is 8.53. The first-order valence-electron chi connectivity index (χ1n) is 7.73. The summed E-state index contributed by atoms with van der Waals surface area (Å²) >= 11 is 3.41. The number of carbonyl (C=O) groups is 2. The van der Waals surface area contributed by atoms with Gasteiger partial charge in [0.1, 0.15) is 10.4 Å². The number of aromatic nitrogens is 1. The highest BCUT2D eigenvalue weighted by Gasteiger charge is 2.11. The lowest BCUT2D eigenvalue weighted by atomic mass is 10.1. The number of fused-ring (bicyclic) bond motifs is 1. The molecule has 1 heterocycles. The number of carbonyl (C=O) groups excluding carboxylic acids is 2. The minimum absolute atomic E-state index is 0.126. The zero-order valence-corrected chi connectivity index (χ0v) is 15.1. The molecule has 126 valence electrons. The Morgan fingerprint density at radius 2 is 1.80 bits per heavy atom. The second-order valence-electron chi connectivity index (χ2n) is 5.57. The van der Waals surface area contributed by atoms with Crippen molar-refractivity contribution in [2.24, 2.45) is 0 Å². The first-order chi connectivity index (χ1) is 12.0. The number of rotatable bonds is 4. The molecule has 2 N–H and O–H groups in total. The van der Waals surface area contributed by atoms with Crippen molar-refractivity contribution in [1.29, 1.82) is 0 Å². The zero-order chi connectivity index (χ0) is 17.8. The SMILES string of the molecule is Cc1ccccc1C(=O)NCC(=O)Nc1cc2ccccc2c(Br)n1. The molecule has 0 radical (unpaired) electrons. The quantitative estimate of drug-likeness (QED) is 0.659. The summed E-state index contributed by atoms with van der Waals surface area (Å²) < 4.78 is 0.657. The van der Waals surface area contributed by atoms with Crippen molar-refractivity contribution in [2.75, 3.05) is 11.9 Å². The van der Waals surface area contributed by atoms with Gasteiger partial charge in [-0.05, 0) is 45.9 Å². The summed E-state index contributed by atoms with van der Waals surface area (Å²) in [4.78, 5) is 28.5. The summed E-state index contributed by atoms with van der Waals surface area (Å²) in [5.41, 5.74) is 1.42. The molecule has 1 aromatic heterocycles. The van der Waals surface area contributed by atoms with Crippen LogP contribution in [0.5, 0.6) is 0 Å². The van der Waals surface area contributed by atoms with Gasteiger partial charge in [0.15, 0.2) is 0 Å². The summed E-state index contributed by atoms with van der Waals surface area (Å²) in [7, 11) is 0. The summed E-state index contributed by atoms with van der Waals surface area (Å²) in [5, 5.41) is 7.25. The van der Waals surface area contributed by atoms with Crippen molar-refractivity contribution in [3.05, 3.63) is 70.3 Å². The Kier molecular flexibility index (Phi) is 5.09. The molecule has 0 bridgehead atoms. The van der Waals surface area contributed by atoms with Gasteiger partial charge >= 0.3 is 0 Å². The molecule has 3 aromatic rings. The topological polar surface area (TPSA) is 71.1 Å². The Bertz CT molecular complexity index is 956. The van der Waals surface area contributed by atoms with Gasteiger partial charge in [0.05, 0.1) is 6.54 Å². The average Bonchev–Trinajstić information content (AvgIpc) is 2.60. The third-order valence-electron chi connectivity index (χ3n) is 3.76. The molecule has 0 unspecified atom stereocenters. The smallest absolute Gasteiger partial charge is 0.251 e. The number of halogens is 1. The lowest BCUT2D eigenvalue weighted by Gasteiger charge is -2.09. The van der Waals surface area contributed by atoms with Gasteiger partial charge in [0.25, 0.3) is 5.91 Å². The number of aryl methyl sites for hydroxylation is 1. The van der Waals surface area contributed by atoms with Crippen LogP contribution in [-0.4, -0.2) is 23.3 Å². The van der Waals surface area contributed by atoms with Crippen LogP contribution in [-0.2, 0) is 4.79 Å². The molecule has 25 heavy (non-hydrogen) atoms. The molecule has 0 spiro atoms. The highest BCUT2D eigenvalue weighted by Crippen LogP contribution is 2.24. The molecule has 6 heteroatoms. The number of amides is 2. The molecule has 2 aromatic carbocycles. The normalized spacial score (nSPS) is 10.5. The monoisotopic (exact) mass is 397 g/mol. The number of nitrogens with zero attached hydrogens (tertiary/aromatic N) is 1. The van der Waals surface area contributed by atoms with Crippen molar-refractivity contribution in [2.45, 2.75) is 6.92 Å². The molecule has 2 amide bonds. The van der Waals surface area contributed by atoms with E-state index in [2.05, 4.69) is 31.5 Å². The third kappa shape index (κ3) is 4.03. The summed E-state index contributed by atoms with van der Waals surface area (Å²) in [5.74, 6) is -0.182. The standard InChI is InChI=1S/C19H16BrN3O2/c1-12-6-2-4-8-14(12)19(25)21-11-17(24)22-16-10-13-7-3-5-9-15(13)18(20)23-16/h2-10H,11H2,1H3,(H,21,25)(H,22,23,24). The maximum absolute atomic E-state index is 12.1. The maximum atomic E-state index is 12.1. The van der Waals surface area contributed by atoms with E-state index in [4.69, 9.17) is 0 Å². The van der Waals surface area contributed by atoms with Crippen LogP contribution < -0.4 is 10.6 Å². The fourth-order valence-electron chi connectivity index (χ4n) is 2.49. The second-order valence-corrected chi connectivity index (χ2v) is 6.32. The fraction of sp³-hybridized carbons (Fsp3) is 0.105. The molecule has 0 fully saturated rings. The minimum atomic E-state index is -0.336. The van der Waals surface area contributed by atoms with Gasteiger partial charge in [0.2, 0.25) is 5.91 Å². The van der Waals surface area contributed by atoms with Gasteiger partial charge in [-0.2, -0.15) is 0 Å². The molecular weight excluding hydrogens is 382 g/mol. The molecule has 3 rings (SSSR count). The van der Waals surface area contributed by atoms with E-state index >= 15 is 0 Å². The van der Waals surface area contributed by atoms with Crippen molar-refractivity contribution in [3.63, 3.8) is 0 Å². The summed E-state index contributed by atoms with van der Waals surface area (Å²) in [6.07, 6.45) is 0. The van der Waals surface area contributed by atoms with Gasteiger partial charge < -0.3 is 10.6 Å². The Morgan fingerprint density at radius 1 is 1.08 bits per heavy atom. The van der Waals surface area contributed by atoms with Gasteiger partial charge in [-0.1, -0.05) is 42.5 Å². The number of anilines is 1. The van der Waals surface area contributed by atoms with Crippen LogP contribution in [0.4, 0.5) is 5.82 Å². The highest BCUT2D eigenvalue weighted by molar-refractivity contribution is 9.10. The van der Waals surface area contributed by atoms with E-state index in [-0.39, 0.29) is 18.4 Å². The van der Waals surface area contributed by atoms with E-state index in [0.29, 0.717) is 16.0 Å². The van der Waals surface area contributed by atoms with Crippen LogP contribution in [0.2, 0.25) is 0 Å². The maximum Gasteiger partial charge on any atom is 0.251 e. The van der Waals surface area contributed by atoms with E-state index in [9.17, 15) is 9.59 Å². The van der Waals surface area contributed by atoms with Crippen LogP contribution in [0.25, 0.3) is 10.8 Å². The predicted molar refractivity (Wildman–Crippen MR) is 102 cm³/mol. The van der Waals surface area contributed by atoms with Crippen LogP contribution in [0.1, 0.15) is 15.9 Å². The largest absolute Gasteiger partial charge is 0.343 e. The summed E-state index contributed by atoms with van der Waals surface area (Å²) in [6, 6.07) is 16.8. The molecule has 0 saturated carbocycles. The van der Waals surface area contributed by atoms with Gasteiger partial charge in [0, 0.05) is 10.9 Å². The molecule has 0 aliphatic rings. The highest BCUT2D eigenvalue weighted by atomic mass is 79.9. The predicted octanol–water partition coefficient (Wildman–Crippen LogP) is 3.67. The van der Waals surface area contributed by atoms with E-state index in [1.807, 2.05) is 43.3 Å². The lowest BCUT2D eigenvalue weighted by Crippen LogP contribution is -2.33.